The van der Waals surface area contributed by atoms with Crippen molar-refractivity contribution in [3.8, 4) is 0 Å². The Morgan fingerprint density at radius 2 is 1.77 bits per heavy atom. The van der Waals surface area contributed by atoms with E-state index in [-0.39, 0.29) is 12.0 Å². The Morgan fingerprint density at radius 1 is 1.13 bits per heavy atom. The van der Waals surface area contributed by atoms with Crippen LogP contribution in [-0.4, -0.2) is 17.2 Å². The van der Waals surface area contributed by atoms with Gasteiger partial charge in [-0.25, -0.2) is 0 Å². The third-order valence-corrected chi connectivity index (χ3v) is 7.14. The van der Waals surface area contributed by atoms with Crippen molar-refractivity contribution >= 4 is 5.97 Å². The van der Waals surface area contributed by atoms with E-state index in [0.29, 0.717) is 23.7 Å². The lowest BCUT2D eigenvalue weighted by Gasteiger charge is -2.37. The molecule has 0 saturated carbocycles. The van der Waals surface area contributed by atoms with Crippen LogP contribution in [0.2, 0.25) is 0 Å². The minimum Gasteiger partial charge on any atom is -0.494 e. The minimum absolute atomic E-state index is 0.253. The highest BCUT2D eigenvalue weighted by molar-refractivity contribution is 5.69. The summed E-state index contributed by atoms with van der Waals surface area (Å²) >= 11 is 0. The molecule has 0 saturated heterocycles. The van der Waals surface area contributed by atoms with Gasteiger partial charge in [0.05, 0.1) is 11.7 Å². The maximum atomic E-state index is 10.9. The predicted molar refractivity (Wildman–Crippen MR) is 132 cm³/mol. The van der Waals surface area contributed by atoms with Crippen LogP contribution < -0.4 is 0 Å². The molecule has 0 heterocycles. The van der Waals surface area contributed by atoms with Crippen LogP contribution in [0, 0.1) is 29.6 Å². The summed E-state index contributed by atoms with van der Waals surface area (Å²) in [6.07, 6.45) is 16.8. The molecule has 0 bridgehead atoms. The molecule has 5 unspecified atom stereocenters. The van der Waals surface area contributed by atoms with E-state index in [2.05, 4.69) is 59.4 Å². The van der Waals surface area contributed by atoms with E-state index in [1.807, 2.05) is 0 Å². The highest BCUT2D eigenvalue weighted by Crippen LogP contribution is 2.34. The first-order valence-corrected chi connectivity index (χ1v) is 12.6. The van der Waals surface area contributed by atoms with Gasteiger partial charge in [-0.05, 0) is 63.2 Å². The normalized spacial score (nSPS) is 25.8. The summed E-state index contributed by atoms with van der Waals surface area (Å²) in [5, 5.41) is 8.95. The van der Waals surface area contributed by atoms with Crippen LogP contribution in [0.15, 0.2) is 36.1 Å². The van der Waals surface area contributed by atoms with Crippen LogP contribution in [0.4, 0.5) is 0 Å². The summed E-state index contributed by atoms with van der Waals surface area (Å²) in [6.45, 7) is 17.3. The fraction of sp³-hybridized carbons (Fsp3) is 0.750. The average molecular weight is 433 g/mol. The highest BCUT2D eigenvalue weighted by Gasteiger charge is 2.32. The van der Waals surface area contributed by atoms with Crippen molar-refractivity contribution in [3.05, 3.63) is 36.1 Å². The average Bonchev–Trinajstić information content (AvgIpc) is 2.71. The smallest absolute Gasteiger partial charge is 0.306 e. The highest BCUT2D eigenvalue weighted by atomic mass is 16.5. The molecule has 0 aliphatic heterocycles. The Bertz CT molecular complexity index is 603. The second-order valence-electron chi connectivity index (χ2n) is 10.1. The van der Waals surface area contributed by atoms with Crippen molar-refractivity contribution in [3.63, 3.8) is 0 Å². The summed E-state index contributed by atoms with van der Waals surface area (Å²) in [6, 6.07) is 0. The molecule has 0 amide bonds. The standard InChI is InChI=1S/C28H48O3/c1-8-26-19-18-22(4)25(7)27(26)31-24(6)17-11-15-21(3)13-9-12-20(2)14-10-16-23(5)28(29)30/h14,18-19,21-23,25-27H,6,8-13,15-17H2,1-5,7H3,(H,29,30)/b20-14+/t21?,22?,23?,25?,26?,27-/m0/s1. The minimum atomic E-state index is -0.696. The van der Waals surface area contributed by atoms with Gasteiger partial charge in [0, 0.05) is 12.3 Å². The van der Waals surface area contributed by atoms with Crippen LogP contribution in [-0.2, 0) is 9.53 Å². The Morgan fingerprint density at radius 3 is 2.39 bits per heavy atom. The predicted octanol–water partition coefficient (Wildman–Crippen LogP) is 8.18. The SMILES string of the molecule is C=C(CCCC(C)CCC/C(C)=C/CCC(C)C(=O)O)O[C@@H]1C(CC)C=CC(C)C1C. The van der Waals surface area contributed by atoms with Gasteiger partial charge < -0.3 is 9.84 Å². The first-order valence-electron chi connectivity index (χ1n) is 12.6. The molecule has 1 rings (SSSR count). The maximum Gasteiger partial charge on any atom is 0.306 e. The lowest BCUT2D eigenvalue weighted by Crippen LogP contribution is -2.35. The number of allylic oxidation sites excluding steroid dienone is 4. The Labute approximate surface area is 192 Å². The van der Waals surface area contributed by atoms with E-state index in [4.69, 9.17) is 9.84 Å². The van der Waals surface area contributed by atoms with Crippen LogP contribution >= 0.6 is 0 Å². The summed E-state index contributed by atoms with van der Waals surface area (Å²) in [5.74, 6) is 2.33. The molecule has 31 heavy (non-hydrogen) atoms. The number of hydrogen-bond donors (Lipinski definition) is 1. The summed E-state index contributed by atoms with van der Waals surface area (Å²) in [7, 11) is 0. The summed E-state index contributed by atoms with van der Waals surface area (Å²) in [5.41, 5.74) is 1.39. The number of carboxylic acids is 1. The summed E-state index contributed by atoms with van der Waals surface area (Å²) < 4.78 is 6.35. The Kier molecular flexibility index (Phi) is 12.9. The molecule has 0 radical (unpaired) electrons. The van der Waals surface area contributed by atoms with Crippen molar-refractivity contribution < 1.29 is 14.6 Å². The molecule has 3 heteroatoms. The van der Waals surface area contributed by atoms with Gasteiger partial charge in [-0.15, -0.1) is 0 Å². The van der Waals surface area contributed by atoms with E-state index in [9.17, 15) is 4.79 Å². The molecule has 0 spiro atoms. The van der Waals surface area contributed by atoms with Crippen LogP contribution in [0.1, 0.15) is 99.3 Å². The van der Waals surface area contributed by atoms with Crippen LogP contribution in [0.3, 0.4) is 0 Å². The van der Waals surface area contributed by atoms with E-state index >= 15 is 0 Å². The third kappa shape index (κ3) is 10.6. The fourth-order valence-corrected chi connectivity index (χ4v) is 4.43. The first-order chi connectivity index (χ1) is 14.6. The van der Waals surface area contributed by atoms with Crippen LogP contribution in [0.25, 0.3) is 0 Å². The van der Waals surface area contributed by atoms with E-state index < -0.39 is 5.97 Å². The molecular weight excluding hydrogens is 384 g/mol. The zero-order valence-electron chi connectivity index (χ0n) is 21.0. The van der Waals surface area contributed by atoms with Crippen LogP contribution in [0.5, 0.6) is 0 Å². The van der Waals surface area contributed by atoms with E-state index in [1.54, 1.807) is 6.92 Å². The molecule has 3 nitrogen and oxygen atoms in total. The van der Waals surface area contributed by atoms with Gasteiger partial charge in [0.25, 0.3) is 0 Å². The summed E-state index contributed by atoms with van der Waals surface area (Å²) in [4.78, 5) is 10.9. The van der Waals surface area contributed by atoms with Gasteiger partial charge in [0.1, 0.15) is 6.10 Å². The molecular formula is C28H48O3. The second kappa shape index (κ2) is 14.5. The van der Waals surface area contributed by atoms with E-state index in [1.165, 1.54) is 24.8 Å². The first kappa shape index (κ1) is 27.5. The number of hydrogen-bond acceptors (Lipinski definition) is 2. The Balaban J connectivity index is 2.22. The van der Waals surface area contributed by atoms with Crippen molar-refractivity contribution in [2.75, 3.05) is 0 Å². The van der Waals surface area contributed by atoms with Crippen molar-refractivity contribution in [2.24, 2.45) is 29.6 Å². The van der Waals surface area contributed by atoms with Gasteiger partial charge in [-0.3, -0.25) is 4.79 Å². The molecule has 0 aromatic heterocycles. The zero-order valence-corrected chi connectivity index (χ0v) is 21.0. The van der Waals surface area contributed by atoms with Gasteiger partial charge in [-0.1, -0.05) is 77.8 Å². The van der Waals surface area contributed by atoms with Gasteiger partial charge in [0.15, 0.2) is 0 Å². The fourth-order valence-electron chi connectivity index (χ4n) is 4.43. The maximum absolute atomic E-state index is 10.9. The molecule has 1 aliphatic carbocycles. The lowest BCUT2D eigenvalue weighted by molar-refractivity contribution is -0.141. The Hall–Kier alpha value is -1.51. The molecule has 6 atom stereocenters. The quantitative estimate of drug-likeness (QED) is 0.210. The number of carboxylic acid groups (broad SMARTS) is 1. The number of rotatable bonds is 15. The van der Waals surface area contributed by atoms with Gasteiger partial charge in [-0.2, -0.15) is 0 Å². The van der Waals surface area contributed by atoms with Gasteiger partial charge >= 0.3 is 5.97 Å². The topological polar surface area (TPSA) is 46.5 Å². The largest absolute Gasteiger partial charge is 0.494 e. The third-order valence-electron chi connectivity index (χ3n) is 7.14. The van der Waals surface area contributed by atoms with Crippen molar-refractivity contribution in [1.82, 2.24) is 0 Å². The molecule has 1 N–H and O–H groups in total. The lowest BCUT2D eigenvalue weighted by atomic mass is 9.77. The van der Waals surface area contributed by atoms with E-state index in [0.717, 1.165) is 44.3 Å². The molecule has 178 valence electrons. The van der Waals surface area contributed by atoms with Crippen molar-refractivity contribution in [2.45, 2.75) is 105 Å². The second-order valence-corrected chi connectivity index (χ2v) is 10.1. The monoisotopic (exact) mass is 432 g/mol. The van der Waals surface area contributed by atoms with Crippen molar-refractivity contribution in [1.29, 1.82) is 0 Å². The molecule has 0 aromatic carbocycles. The zero-order chi connectivity index (χ0) is 23.4. The number of ether oxygens (including phenoxy) is 1. The number of aliphatic carboxylic acids is 1. The number of carbonyl (C=O) groups is 1. The molecule has 0 fully saturated rings. The molecule has 1 aliphatic rings. The van der Waals surface area contributed by atoms with Gasteiger partial charge in [0.2, 0.25) is 0 Å². The molecule has 0 aromatic rings.